The second-order valence-electron chi connectivity index (χ2n) is 4.59. The summed E-state index contributed by atoms with van der Waals surface area (Å²) in [7, 11) is 0. The second kappa shape index (κ2) is 8.44. The molecule has 0 radical (unpaired) electrons. The van der Waals surface area contributed by atoms with E-state index in [0.29, 0.717) is 6.42 Å². The van der Waals surface area contributed by atoms with Gasteiger partial charge in [0.05, 0.1) is 12.6 Å². The Morgan fingerprint density at radius 2 is 1.79 bits per heavy atom. The van der Waals surface area contributed by atoms with E-state index in [1.807, 2.05) is 13.8 Å². The number of aliphatic hydroxyl groups is 1. The highest BCUT2D eigenvalue weighted by atomic mass is 16.4. The first kappa shape index (κ1) is 17.3. The third kappa shape index (κ3) is 7.37. The maximum atomic E-state index is 11.6. The number of amides is 2. The van der Waals surface area contributed by atoms with Gasteiger partial charge in [-0.15, -0.1) is 0 Å². The molecule has 6 N–H and O–H groups in total. The van der Waals surface area contributed by atoms with Gasteiger partial charge < -0.3 is 26.6 Å². The van der Waals surface area contributed by atoms with Gasteiger partial charge in [-0.2, -0.15) is 0 Å². The van der Waals surface area contributed by atoms with Gasteiger partial charge in [-0.25, -0.2) is 0 Å². The molecule has 0 aliphatic carbocycles. The van der Waals surface area contributed by atoms with Crippen LogP contribution in [0.15, 0.2) is 0 Å². The number of hydrogen-bond acceptors (Lipinski definition) is 5. The van der Waals surface area contributed by atoms with Crippen molar-refractivity contribution < 1.29 is 24.6 Å². The van der Waals surface area contributed by atoms with Crippen LogP contribution in [0.5, 0.6) is 0 Å². The molecule has 0 aromatic heterocycles. The SMILES string of the molecule is CC(C)C[C@H](N)C(=O)NC(CO)C(=O)NCC(=O)O. The molecule has 0 heterocycles. The Balaban J connectivity index is 4.34. The lowest BCUT2D eigenvalue weighted by atomic mass is 10.0. The fourth-order valence-corrected chi connectivity index (χ4v) is 1.37. The normalized spacial score (nSPS) is 13.7. The van der Waals surface area contributed by atoms with Gasteiger partial charge in [-0.1, -0.05) is 13.8 Å². The van der Waals surface area contributed by atoms with Crippen LogP contribution < -0.4 is 16.4 Å². The standard InChI is InChI=1S/C11H21N3O5/c1-6(2)3-7(12)10(18)14-8(5-15)11(19)13-4-9(16)17/h6-8,15H,3-5,12H2,1-2H3,(H,13,19)(H,14,18)(H,16,17)/t7-,8?/m0/s1. The van der Waals surface area contributed by atoms with Crippen molar-refractivity contribution in [3.63, 3.8) is 0 Å². The van der Waals surface area contributed by atoms with Crippen molar-refractivity contribution in [3.05, 3.63) is 0 Å². The molecule has 0 saturated carbocycles. The summed E-state index contributed by atoms with van der Waals surface area (Å²) in [5.41, 5.74) is 5.62. The van der Waals surface area contributed by atoms with Gasteiger partial charge in [0.25, 0.3) is 0 Å². The Morgan fingerprint density at radius 1 is 1.21 bits per heavy atom. The molecule has 0 fully saturated rings. The molecule has 0 rings (SSSR count). The Labute approximate surface area is 111 Å². The molecular formula is C11H21N3O5. The zero-order valence-electron chi connectivity index (χ0n) is 11.0. The van der Waals surface area contributed by atoms with Crippen LogP contribution in [0.1, 0.15) is 20.3 Å². The van der Waals surface area contributed by atoms with Crippen molar-refractivity contribution in [2.24, 2.45) is 11.7 Å². The first-order chi connectivity index (χ1) is 8.77. The molecule has 0 spiro atoms. The molecule has 1 unspecified atom stereocenters. The highest BCUT2D eigenvalue weighted by Gasteiger charge is 2.23. The highest BCUT2D eigenvalue weighted by molar-refractivity contribution is 5.91. The summed E-state index contributed by atoms with van der Waals surface area (Å²) in [6.07, 6.45) is 0.445. The Bertz CT molecular complexity index is 332. The molecule has 19 heavy (non-hydrogen) atoms. The molecule has 0 aromatic rings. The highest BCUT2D eigenvalue weighted by Crippen LogP contribution is 2.02. The van der Waals surface area contributed by atoms with Crippen molar-refractivity contribution in [1.29, 1.82) is 0 Å². The fourth-order valence-electron chi connectivity index (χ4n) is 1.37. The summed E-state index contributed by atoms with van der Waals surface area (Å²) in [5.74, 6) is -2.32. The minimum absolute atomic E-state index is 0.217. The summed E-state index contributed by atoms with van der Waals surface area (Å²) in [4.78, 5) is 33.4. The summed E-state index contributed by atoms with van der Waals surface area (Å²) < 4.78 is 0. The lowest BCUT2D eigenvalue weighted by Crippen LogP contribution is -2.53. The van der Waals surface area contributed by atoms with Crippen LogP contribution in [0.25, 0.3) is 0 Å². The molecule has 2 atom stereocenters. The van der Waals surface area contributed by atoms with Gasteiger partial charge in [-0.05, 0) is 12.3 Å². The number of carboxylic acids is 1. The van der Waals surface area contributed by atoms with Crippen LogP contribution in [0.2, 0.25) is 0 Å². The van der Waals surface area contributed by atoms with Gasteiger partial charge in [0.1, 0.15) is 12.6 Å². The second-order valence-corrected chi connectivity index (χ2v) is 4.59. The van der Waals surface area contributed by atoms with E-state index in [-0.39, 0.29) is 5.92 Å². The van der Waals surface area contributed by atoms with Crippen LogP contribution in [0.4, 0.5) is 0 Å². The number of aliphatic hydroxyl groups excluding tert-OH is 1. The molecule has 0 bridgehead atoms. The molecule has 2 amide bonds. The zero-order valence-corrected chi connectivity index (χ0v) is 11.0. The minimum atomic E-state index is -1.21. The average Bonchev–Trinajstić information content (AvgIpc) is 2.31. The largest absolute Gasteiger partial charge is 0.480 e. The van der Waals surface area contributed by atoms with Crippen molar-refractivity contribution in [2.75, 3.05) is 13.2 Å². The van der Waals surface area contributed by atoms with Gasteiger partial charge in [0.2, 0.25) is 11.8 Å². The van der Waals surface area contributed by atoms with E-state index in [1.54, 1.807) is 0 Å². The van der Waals surface area contributed by atoms with Gasteiger partial charge in [0, 0.05) is 0 Å². The predicted octanol–water partition coefficient (Wildman–Crippen LogP) is -1.96. The summed E-state index contributed by atoms with van der Waals surface area (Å²) >= 11 is 0. The summed E-state index contributed by atoms with van der Waals surface area (Å²) in [6.45, 7) is 2.58. The molecule has 8 nitrogen and oxygen atoms in total. The van der Waals surface area contributed by atoms with Crippen molar-refractivity contribution in [1.82, 2.24) is 10.6 Å². The van der Waals surface area contributed by atoms with E-state index in [9.17, 15) is 14.4 Å². The summed E-state index contributed by atoms with van der Waals surface area (Å²) in [6, 6.07) is -1.98. The molecule has 0 aromatic carbocycles. The van der Waals surface area contributed by atoms with Crippen LogP contribution in [-0.4, -0.2) is 53.2 Å². The van der Waals surface area contributed by atoms with Crippen LogP contribution in [0, 0.1) is 5.92 Å². The van der Waals surface area contributed by atoms with E-state index in [2.05, 4.69) is 10.6 Å². The van der Waals surface area contributed by atoms with Crippen molar-refractivity contribution >= 4 is 17.8 Å². The van der Waals surface area contributed by atoms with Gasteiger partial charge >= 0.3 is 5.97 Å². The number of carboxylic acid groups (broad SMARTS) is 1. The number of rotatable bonds is 8. The minimum Gasteiger partial charge on any atom is -0.480 e. The maximum Gasteiger partial charge on any atom is 0.322 e. The molecular weight excluding hydrogens is 254 g/mol. The number of nitrogens with two attached hydrogens (primary N) is 1. The molecule has 0 saturated heterocycles. The third-order valence-corrected chi connectivity index (χ3v) is 2.29. The fraction of sp³-hybridized carbons (Fsp3) is 0.727. The Kier molecular flexibility index (Phi) is 7.69. The Morgan fingerprint density at radius 3 is 2.21 bits per heavy atom. The number of carbonyl (C=O) groups is 3. The van der Waals surface area contributed by atoms with Gasteiger partial charge in [-0.3, -0.25) is 14.4 Å². The topological polar surface area (TPSA) is 142 Å². The van der Waals surface area contributed by atoms with Crippen molar-refractivity contribution in [3.8, 4) is 0 Å². The van der Waals surface area contributed by atoms with E-state index in [1.165, 1.54) is 0 Å². The monoisotopic (exact) mass is 275 g/mol. The number of carbonyl (C=O) groups excluding carboxylic acids is 2. The summed E-state index contributed by atoms with van der Waals surface area (Å²) in [5, 5.41) is 21.8. The first-order valence-electron chi connectivity index (χ1n) is 5.94. The molecule has 0 aliphatic heterocycles. The smallest absolute Gasteiger partial charge is 0.322 e. The predicted molar refractivity (Wildman–Crippen MR) is 67.1 cm³/mol. The van der Waals surface area contributed by atoms with E-state index in [0.717, 1.165) is 0 Å². The maximum absolute atomic E-state index is 11.6. The van der Waals surface area contributed by atoms with Crippen LogP contribution in [-0.2, 0) is 14.4 Å². The lowest BCUT2D eigenvalue weighted by Gasteiger charge is -2.19. The third-order valence-electron chi connectivity index (χ3n) is 2.29. The first-order valence-corrected chi connectivity index (χ1v) is 5.94. The molecule has 110 valence electrons. The van der Waals surface area contributed by atoms with E-state index < -0.39 is 43.0 Å². The average molecular weight is 275 g/mol. The van der Waals surface area contributed by atoms with Crippen molar-refractivity contribution in [2.45, 2.75) is 32.4 Å². The quantitative estimate of drug-likeness (QED) is 0.348. The van der Waals surface area contributed by atoms with Crippen LogP contribution in [0.3, 0.4) is 0 Å². The zero-order chi connectivity index (χ0) is 15.0. The Hall–Kier alpha value is -1.67. The number of aliphatic carboxylic acids is 1. The van der Waals surface area contributed by atoms with Crippen LogP contribution >= 0.6 is 0 Å². The molecule has 8 heteroatoms. The lowest BCUT2D eigenvalue weighted by molar-refractivity contribution is -0.138. The molecule has 0 aliphatic rings. The van der Waals surface area contributed by atoms with E-state index >= 15 is 0 Å². The van der Waals surface area contributed by atoms with E-state index in [4.69, 9.17) is 15.9 Å². The number of hydrogen-bond donors (Lipinski definition) is 5. The number of nitrogens with one attached hydrogen (secondary N) is 2. The van der Waals surface area contributed by atoms with Gasteiger partial charge in [0.15, 0.2) is 0 Å².